The molecule has 0 saturated heterocycles. The van der Waals surface area contributed by atoms with Crippen LogP contribution >= 0.6 is 0 Å². The van der Waals surface area contributed by atoms with Crippen LogP contribution < -0.4 is 0 Å². The lowest BCUT2D eigenvalue weighted by Crippen LogP contribution is -2.45. The highest BCUT2D eigenvalue weighted by Gasteiger charge is 2.36. The van der Waals surface area contributed by atoms with Gasteiger partial charge in [0.25, 0.3) is 0 Å². The summed E-state index contributed by atoms with van der Waals surface area (Å²) >= 11 is 0. The largest absolute Gasteiger partial charge is 0.481 e. The Kier molecular flexibility index (Phi) is 5.31. The first-order valence-corrected chi connectivity index (χ1v) is 7.52. The van der Waals surface area contributed by atoms with E-state index in [2.05, 4.69) is 9.88 Å². The summed E-state index contributed by atoms with van der Waals surface area (Å²) in [5.74, 6) is -1.02. The van der Waals surface area contributed by atoms with E-state index in [9.17, 15) is 9.90 Å². The SMILES string of the molecule is CN(CCc1ccccn1)CC1(O)CCC(C(=O)O)CC1. The zero-order chi connectivity index (χ0) is 15.3. The number of aliphatic carboxylic acids is 1. The minimum absolute atomic E-state index is 0.288. The number of hydrogen-bond acceptors (Lipinski definition) is 4. The molecule has 0 unspecified atom stereocenters. The van der Waals surface area contributed by atoms with Gasteiger partial charge >= 0.3 is 5.97 Å². The summed E-state index contributed by atoms with van der Waals surface area (Å²) < 4.78 is 0. The summed E-state index contributed by atoms with van der Waals surface area (Å²) in [5, 5.41) is 19.6. The molecule has 1 aromatic rings. The fourth-order valence-corrected chi connectivity index (χ4v) is 2.99. The molecular weight excluding hydrogens is 268 g/mol. The van der Waals surface area contributed by atoms with Gasteiger partial charge in [-0.25, -0.2) is 0 Å². The van der Waals surface area contributed by atoms with Crippen LogP contribution in [-0.4, -0.2) is 51.8 Å². The van der Waals surface area contributed by atoms with Crippen LogP contribution in [0.25, 0.3) is 0 Å². The molecule has 1 heterocycles. The molecule has 1 aliphatic carbocycles. The summed E-state index contributed by atoms with van der Waals surface area (Å²) in [6, 6.07) is 5.88. The van der Waals surface area contributed by atoms with Crippen LogP contribution in [0.4, 0.5) is 0 Å². The molecule has 0 aromatic carbocycles. The normalized spacial score (nSPS) is 26.0. The molecular formula is C16H24N2O3. The number of nitrogens with zero attached hydrogens (tertiary/aromatic N) is 2. The molecule has 1 aromatic heterocycles. The van der Waals surface area contributed by atoms with Crippen molar-refractivity contribution in [3.05, 3.63) is 30.1 Å². The van der Waals surface area contributed by atoms with Crippen molar-refractivity contribution in [2.45, 2.75) is 37.7 Å². The van der Waals surface area contributed by atoms with Crippen LogP contribution in [0.15, 0.2) is 24.4 Å². The van der Waals surface area contributed by atoms with Crippen molar-refractivity contribution in [1.29, 1.82) is 0 Å². The molecule has 0 radical (unpaired) electrons. The van der Waals surface area contributed by atoms with Crippen molar-refractivity contribution in [2.75, 3.05) is 20.1 Å². The number of pyridine rings is 1. The van der Waals surface area contributed by atoms with Crippen molar-refractivity contribution in [3.63, 3.8) is 0 Å². The summed E-state index contributed by atoms with van der Waals surface area (Å²) in [6.07, 6.45) is 4.91. The van der Waals surface area contributed by atoms with Crippen molar-refractivity contribution in [3.8, 4) is 0 Å². The Bertz CT molecular complexity index is 456. The average Bonchev–Trinajstić information content (AvgIpc) is 2.46. The van der Waals surface area contributed by atoms with E-state index in [4.69, 9.17) is 5.11 Å². The smallest absolute Gasteiger partial charge is 0.306 e. The van der Waals surface area contributed by atoms with Gasteiger partial charge in [-0.2, -0.15) is 0 Å². The van der Waals surface area contributed by atoms with Gasteiger partial charge in [0.2, 0.25) is 0 Å². The van der Waals surface area contributed by atoms with Gasteiger partial charge in [-0.15, -0.1) is 0 Å². The van der Waals surface area contributed by atoms with Gasteiger partial charge < -0.3 is 15.1 Å². The fraction of sp³-hybridized carbons (Fsp3) is 0.625. The topological polar surface area (TPSA) is 73.7 Å². The minimum atomic E-state index is -0.745. The molecule has 0 amide bonds. The highest BCUT2D eigenvalue weighted by Crippen LogP contribution is 2.32. The van der Waals surface area contributed by atoms with Gasteiger partial charge in [0.15, 0.2) is 0 Å². The maximum absolute atomic E-state index is 10.9. The van der Waals surface area contributed by atoms with Crippen LogP contribution in [0, 0.1) is 5.92 Å². The second kappa shape index (κ2) is 7.00. The Morgan fingerprint density at radius 2 is 2.14 bits per heavy atom. The average molecular weight is 292 g/mol. The van der Waals surface area contributed by atoms with Crippen LogP contribution in [-0.2, 0) is 11.2 Å². The molecule has 1 aliphatic rings. The Hall–Kier alpha value is -1.46. The van der Waals surface area contributed by atoms with E-state index < -0.39 is 11.6 Å². The lowest BCUT2D eigenvalue weighted by atomic mass is 9.78. The molecule has 1 fully saturated rings. The van der Waals surface area contributed by atoms with Crippen molar-refractivity contribution < 1.29 is 15.0 Å². The zero-order valence-corrected chi connectivity index (χ0v) is 12.5. The van der Waals surface area contributed by atoms with Crippen molar-refractivity contribution in [1.82, 2.24) is 9.88 Å². The number of carboxylic acids is 1. The molecule has 0 bridgehead atoms. The number of rotatable bonds is 6. The van der Waals surface area contributed by atoms with Gasteiger partial charge in [-0.1, -0.05) is 6.07 Å². The number of hydrogen-bond donors (Lipinski definition) is 2. The Morgan fingerprint density at radius 1 is 1.43 bits per heavy atom. The van der Waals surface area contributed by atoms with Crippen LogP contribution in [0.2, 0.25) is 0 Å². The van der Waals surface area contributed by atoms with Crippen molar-refractivity contribution >= 4 is 5.97 Å². The molecule has 116 valence electrons. The highest BCUT2D eigenvalue weighted by molar-refractivity contribution is 5.70. The van der Waals surface area contributed by atoms with Gasteiger partial charge in [0.05, 0.1) is 11.5 Å². The molecule has 0 atom stereocenters. The highest BCUT2D eigenvalue weighted by atomic mass is 16.4. The van der Waals surface area contributed by atoms with Crippen LogP contribution in [0.3, 0.4) is 0 Å². The molecule has 2 N–H and O–H groups in total. The van der Waals surface area contributed by atoms with Crippen molar-refractivity contribution in [2.24, 2.45) is 5.92 Å². The Balaban J connectivity index is 1.77. The van der Waals surface area contributed by atoms with E-state index >= 15 is 0 Å². The first kappa shape index (κ1) is 15.9. The van der Waals surface area contributed by atoms with Gasteiger partial charge in [0.1, 0.15) is 0 Å². The summed E-state index contributed by atoms with van der Waals surface area (Å²) in [5.41, 5.74) is 0.302. The van der Waals surface area contributed by atoms with Crippen LogP contribution in [0.1, 0.15) is 31.4 Å². The molecule has 21 heavy (non-hydrogen) atoms. The third-order valence-electron chi connectivity index (χ3n) is 4.31. The quantitative estimate of drug-likeness (QED) is 0.832. The third kappa shape index (κ3) is 4.79. The second-order valence-electron chi connectivity index (χ2n) is 6.15. The number of carbonyl (C=O) groups is 1. The van der Waals surface area contributed by atoms with E-state index in [1.165, 1.54) is 0 Å². The Morgan fingerprint density at radius 3 is 2.71 bits per heavy atom. The summed E-state index contributed by atoms with van der Waals surface area (Å²) in [4.78, 5) is 17.3. The maximum Gasteiger partial charge on any atom is 0.306 e. The minimum Gasteiger partial charge on any atom is -0.481 e. The Labute approximate surface area is 125 Å². The lowest BCUT2D eigenvalue weighted by molar-refractivity contribution is -0.145. The molecule has 0 aliphatic heterocycles. The van der Waals surface area contributed by atoms with Crippen LogP contribution in [0.5, 0.6) is 0 Å². The number of likely N-dealkylation sites (N-methyl/N-ethyl adjacent to an activating group) is 1. The number of aliphatic hydroxyl groups is 1. The summed E-state index contributed by atoms with van der Waals surface area (Å²) in [6.45, 7) is 1.42. The molecule has 5 nitrogen and oxygen atoms in total. The second-order valence-corrected chi connectivity index (χ2v) is 6.15. The van der Waals surface area contributed by atoms with Gasteiger partial charge in [-0.3, -0.25) is 9.78 Å². The summed E-state index contributed by atoms with van der Waals surface area (Å²) in [7, 11) is 1.99. The third-order valence-corrected chi connectivity index (χ3v) is 4.31. The lowest BCUT2D eigenvalue weighted by Gasteiger charge is -2.37. The number of aromatic nitrogens is 1. The first-order valence-electron chi connectivity index (χ1n) is 7.52. The standard InChI is InChI=1S/C16H24N2O3/c1-18(11-7-14-4-2-3-10-17-14)12-16(21)8-5-13(6-9-16)15(19)20/h2-4,10,13,21H,5-9,11-12H2,1H3,(H,19,20). The molecule has 1 saturated carbocycles. The number of carboxylic acid groups (broad SMARTS) is 1. The monoisotopic (exact) mass is 292 g/mol. The van der Waals surface area contributed by atoms with Gasteiger partial charge in [0, 0.05) is 31.4 Å². The first-order chi connectivity index (χ1) is 9.98. The van der Waals surface area contributed by atoms with E-state index in [0.29, 0.717) is 32.2 Å². The van der Waals surface area contributed by atoms with E-state index in [1.54, 1.807) is 6.20 Å². The van der Waals surface area contributed by atoms with Gasteiger partial charge in [-0.05, 0) is 44.9 Å². The predicted octanol–water partition coefficient (Wildman–Crippen LogP) is 1.56. The molecule has 5 heteroatoms. The van der Waals surface area contributed by atoms with E-state index in [1.807, 2.05) is 25.2 Å². The fourth-order valence-electron chi connectivity index (χ4n) is 2.99. The van der Waals surface area contributed by atoms with E-state index in [-0.39, 0.29) is 5.92 Å². The molecule has 2 rings (SSSR count). The molecule has 0 spiro atoms. The van der Waals surface area contributed by atoms with E-state index in [0.717, 1.165) is 18.7 Å². The zero-order valence-electron chi connectivity index (χ0n) is 12.5. The maximum atomic E-state index is 10.9. The predicted molar refractivity (Wildman–Crippen MR) is 80.0 cm³/mol.